The quantitative estimate of drug-likeness (QED) is 0.614. The van der Waals surface area contributed by atoms with Crippen molar-refractivity contribution in [2.24, 2.45) is 0 Å². The third-order valence-electron chi connectivity index (χ3n) is 2.11. The molecule has 0 bridgehead atoms. The van der Waals surface area contributed by atoms with Gasteiger partial charge < -0.3 is 10.4 Å². The summed E-state index contributed by atoms with van der Waals surface area (Å²) in [7, 11) is 0. The van der Waals surface area contributed by atoms with Gasteiger partial charge in [-0.15, -0.1) is 12.4 Å². The molecule has 0 aliphatic carbocycles. The number of nitrogens with one attached hydrogen (secondary N) is 1. The second-order valence-electron chi connectivity index (χ2n) is 3.27. The van der Waals surface area contributed by atoms with Crippen LogP contribution < -0.4 is 5.32 Å². The Labute approximate surface area is 110 Å². The van der Waals surface area contributed by atoms with Crippen molar-refractivity contribution in [1.82, 2.24) is 5.32 Å². The number of halogens is 2. The van der Waals surface area contributed by atoms with Gasteiger partial charge in [0.25, 0.3) is 0 Å². The van der Waals surface area contributed by atoms with E-state index in [0.717, 1.165) is 0 Å². The average Bonchev–Trinajstić information content (AvgIpc) is 2.24. The molecule has 7 heteroatoms. The normalized spacial score (nSPS) is 11.6. The van der Waals surface area contributed by atoms with E-state index < -0.39 is 11.0 Å². The van der Waals surface area contributed by atoms with Gasteiger partial charge in [0.1, 0.15) is 0 Å². The third kappa shape index (κ3) is 5.32. The largest absolute Gasteiger partial charge is 0.395 e. The van der Waals surface area contributed by atoms with E-state index in [9.17, 15) is 10.1 Å². The Balaban J connectivity index is 0.00000256. The molecule has 0 heterocycles. The summed E-state index contributed by atoms with van der Waals surface area (Å²) in [6, 6.07) is 6.48. The fourth-order valence-electron chi connectivity index (χ4n) is 1.42. The molecule has 17 heavy (non-hydrogen) atoms. The predicted octanol–water partition coefficient (Wildman–Crippen LogP) is 1.66. The van der Waals surface area contributed by atoms with E-state index in [1.807, 2.05) is 0 Å². The van der Waals surface area contributed by atoms with Crippen molar-refractivity contribution in [3.63, 3.8) is 0 Å². The Morgan fingerprint density at radius 1 is 1.47 bits per heavy atom. The fraction of sp³-hybridized carbons (Fsp3) is 0.400. The first kappa shape index (κ1) is 16.1. The van der Waals surface area contributed by atoms with Crippen LogP contribution in [0.2, 0.25) is 5.02 Å². The van der Waals surface area contributed by atoms with Crippen molar-refractivity contribution in [1.29, 1.82) is 0 Å². The molecular weight excluding hydrogens is 267 g/mol. The van der Waals surface area contributed by atoms with Gasteiger partial charge in [-0.1, -0.05) is 29.8 Å². The molecule has 5 nitrogen and oxygen atoms in total. The number of hydrogen-bond donors (Lipinski definition) is 2. The summed E-state index contributed by atoms with van der Waals surface area (Å²) in [6.45, 7) is -0.0356. The van der Waals surface area contributed by atoms with Crippen molar-refractivity contribution in [2.75, 3.05) is 19.7 Å². The minimum Gasteiger partial charge on any atom is -0.395 e. The molecular formula is C10H14Cl2N2O3. The van der Waals surface area contributed by atoms with E-state index in [1.165, 1.54) is 0 Å². The SMILES string of the molecule is Cl.O=[N+]([O-])CC(NCCO)c1ccccc1Cl. The summed E-state index contributed by atoms with van der Waals surface area (Å²) < 4.78 is 0. The maximum Gasteiger partial charge on any atom is 0.223 e. The Hall–Kier alpha value is -0.880. The lowest BCUT2D eigenvalue weighted by Crippen LogP contribution is -2.30. The zero-order valence-corrected chi connectivity index (χ0v) is 10.6. The van der Waals surface area contributed by atoms with E-state index >= 15 is 0 Å². The zero-order valence-electron chi connectivity index (χ0n) is 9.01. The summed E-state index contributed by atoms with van der Waals surface area (Å²) in [6.07, 6.45) is 0. The summed E-state index contributed by atoms with van der Waals surface area (Å²) >= 11 is 5.96. The summed E-state index contributed by atoms with van der Waals surface area (Å²) in [5.41, 5.74) is 0.675. The van der Waals surface area contributed by atoms with Gasteiger partial charge in [-0.05, 0) is 11.6 Å². The van der Waals surface area contributed by atoms with E-state index in [4.69, 9.17) is 16.7 Å². The van der Waals surface area contributed by atoms with E-state index in [-0.39, 0.29) is 25.6 Å². The number of aliphatic hydroxyl groups is 1. The zero-order chi connectivity index (χ0) is 12.0. The van der Waals surface area contributed by atoms with E-state index in [2.05, 4.69) is 5.32 Å². The molecule has 96 valence electrons. The van der Waals surface area contributed by atoms with Crippen LogP contribution in [0, 0.1) is 10.1 Å². The molecule has 0 saturated heterocycles. The van der Waals surface area contributed by atoms with Gasteiger partial charge in [0, 0.05) is 16.5 Å². The molecule has 0 fully saturated rings. The molecule has 0 radical (unpaired) electrons. The Kier molecular flexibility index (Phi) is 7.82. The summed E-state index contributed by atoms with van der Waals surface area (Å²) in [5.74, 6) is 0. The van der Waals surface area contributed by atoms with Gasteiger partial charge in [0.05, 0.1) is 12.6 Å². The van der Waals surface area contributed by atoms with Gasteiger partial charge in [-0.2, -0.15) is 0 Å². The lowest BCUT2D eigenvalue weighted by molar-refractivity contribution is -0.484. The maximum absolute atomic E-state index is 10.5. The molecule has 2 N–H and O–H groups in total. The van der Waals surface area contributed by atoms with Gasteiger partial charge in [0.2, 0.25) is 6.54 Å². The van der Waals surface area contributed by atoms with Crippen LogP contribution in [0.15, 0.2) is 24.3 Å². The molecule has 1 rings (SSSR count). The summed E-state index contributed by atoms with van der Waals surface area (Å²) in [4.78, 5) is 10.1. The van der Waals surface area contributed by atoms with Crippen molar-refractivity contribution in [3.05, 3.63) is 45.0 Å². The molecule has 0 saturated carbocycles. The number of hydrogen-bond acceptors (Lipinski definition) is 4. The van der Waals surface area contributed by atoms with Gasteiger partial charge in [-0.25, -0.2) is 0 Å². The van der Waals surface area contributed by atoms with Crippen LogP contribution in [0.5, 0.6) is 0 Å². The van der Waals surface area contributed by atoms with Crippen molar-refractivity contribution < 1.29 is 10.0 Å². The Bertz CT molecular complexity index is 363. The topological polar surface area (TPSA) is 75.4 Å². The van der Waals surface area contributed by atoms with Crippen LogP contribution >= 0.6 is 24.0 Å². The molecule has 0 aliphatic heterocycles. The van der Waals surface area contributed by atoms with Crippen LogP contribution in [-0.4, -0.2) is 29.7 Å². The number of benzene rings is 1. The molecule has 0 spiro atoms. The lowest BCUT2D eigenvalue weighted by atomic mass is 10.1. The van der Waals surface area contributed by atoms with Crippen molar-refractivity contribution in [2.45, 2.75) is 6.04 Å². The second kappa shape index (κ2) is 8.25. The highest BCUT2D eigenvalue weighted by molar-refractivity contribution is 6.31. The number of nitrogens with zero attached hydrogens (tertiary/aromatic N) is 1. The lowest BCUT2D eigenvalue weighted by Gasteiger charge is -2.15. The minimum absolute atomic E-state index is 0. The first-order valence-corrected chi connectivity index (χ1v) is 5.23. The monoisotopic (exact) mass is 280 g/mol. The molecule has 1 aromatic rings. The highest BCUT2D eigenvalue weighted by Crippen LogP contribution is 2.22. The first-order valence-electron chi connectivity index (χ1n) is 4.85. The van der Waals surface area contributed by atoms with E-state index in [1.54, 1.807) is 24.3 Å². The van der Waals surface area contributed by atoms with Crippen LogP contribution in [0.25, 0.3) is 0 Å². The summed E-state index contributed by atoms with van der Waals surface area (Å²) in [5, 5.41) is 22.6. The third-order valence-corrected chi connectivity index (χ3v) is 2.46. The average molecular weight is 281 g/mol. The van der Waals surface area contributed by atoms with Gasteiger partial charge in [0.15, 0.2) is 0 Å². The number of nitro groups is 1. The fourth-order valence-corrected chi connectivity index (χ4v) is 1.69. The highest BCUT2D eigenvalue weighted by atomic mass is 35.5. The molecule has 0 aliphatic rings. The molecule has 1 unspecified atom stereocenters. The number of rotatable bonds is 6. The van der Waals surface area contributed by atoms with Crippen molar-refractivity contribution >= 4 is 24.0 Å². The van der Waals surface area contributed by atoms with Crippen LogP contribution in [0.3, 0.4) is 0 Å². The maximum atomic E-state index is 10.5. The standard InChI is InChI=1S/C10H13ClN2O3.ClH/c11-9-4-2-1-3-8(9)10(7-13(15)16)12-5-6-14;/h1-4,10,12,14H,5-7H2;1H. The van der Waals surface area contributed by atoms with Gasteiger partial charge >= 0.3 is 0 Å². The van der Waals surface area contributed by atoms with Crippen molar-refractivity contribution in [3.8, 4) is 0 Å². The smallest absolute Gasteiger partial charge is 0.223 e. The van der Waals surface area contributed by atoms with Crippen LogP contribution in [0.1, 0.15) is 11.6 Å². The molecule has 1 aromatic carbocycles. The predicted molar refractivity (Wildman–Crippen MR) is 68.4 cm³/mol. The number of aliphatic hydroxyl groups excluding tert-OH is 1. The highest BCUT2D eigenvalue weighted by Gasteiger charge is 2.18. The van der Waals surface area contributed by atoms with Crippen LogP contribution in [0.4, 0.5) is 0 Å². The molecule has 1 atom stereocenters. The second-order valence-corrected chi connectivity index (χ2v) is 3.67. The minimum atomic E-state index is -0.476. The van der Waals surface area contributed by atoms with Gasteiger partial charge in [-0.3, -0.25) is 10.1 Å². The molecule has 0 aromatic heterocycles. The Morgan fingerprint density at radius 3 is 2.65 bits per heavy atom. The van der Waals surface area contributed by atoms with Crippen LogP contribution in [-0.2, 0) is 0 Å². The van der Waals surface area contributed by atoms with E-state index in [0.29, 0.717) is 17.1 Å². The first-order chi connectivity index (χ1) is 7.65. The molecule has 0 amide bonds. The Morgan fingerprint density at radius 2 is 2.12 bits per heavy atom.